The third-order valence-electron chi connectivity index (χ3n) is 1.68. The molecule has 2 atom stereocenters. The Balaban J connectivity index is 2.68. The lowest BCUT2D eigenvalue weighted by atomic mass is 10.3. The van der Waals surface area contributed by atoms with Crippen molar-refractivity contribution >= 4 is 44.1 Å². The lowest BCUT2D eigenvalue weighted by molar-refractivity contribution is 0.683. The third-order valence-corrected chi connectivity index (χ3v) is 3.37. The van der Waals surface area contributed by atoms with E-state index in [1.54, 1.807) is 18.5 Å². The summed E-state index contributed by atoms with van der Waals surface area (Å²) in [7, 11) is -0.823. The molecule has 6 heteroatoms. The van der Waals surface area contributed by atoms with Gasteiger partial charge >= 0.3 is 0 Å². The molecule has 0 bridgehead atoms. The molecule has 0 radical (unpaired) electrons. The average molecular weight is 312 g/mol. The van der Waals surface area contributed by atoms with E-state index in [4.69, 9.17) is 11.6 Å². The molecule has 0 aliphatic heterocycles. The number of anilines is 1. The molecule has 1 rings (SSSR count). The summed E-state index contributed by atoms with van der Waals surface area (Å²) in [5, 5.41) is 3.67. The number of pyridine rings is 1. The quantitative estimate of drug-likeness (QED) is 0.929. The van der Waals surface area contributed by atoms with Crippen molar-refractivity contribution in [1.82, 2.24) is 4.98 Å². The van der Waals surface area contributed by atoms with Gasteiger partial charge in [-0.3, -0.25) is 4.21 Å². The second kappa shape index (κ2) is 5.82. The van der Waals surface area contributed by atoms with Gasteiger partial charge in [-0.05, 0) is 28.9 Å². The van der Waals surface area contributed by atoms with Gasteiger partial charge in [-0.25, -0.2) is 4.98 Å². The Bertz CT molecular complexity index is 375. The van der Waals surface area contributed by atoms with Gasteiger partial charge in [0.15, 0.2) is 0 Å². The molecule has 0 amide bonds. The topological polar surface area (TPSA) is 42.0 Å². The fourth-order valence-electron chi connectivity index (χ4n) is 1.15. The zero-order valence-electron chi connectivity index (χ0n) is 8.46. The van der Waals surface area contributed by atoms with Crippen LogP contribution in [0.4, 0.5) is 5.82 Å². The molecule has 0 aliphatic carbocycles. The molecule has 0 aromatic carbocycles. The standard InChI is InChI=1S/C9H12BrClN2OS/c1-6(5-15(2)14)13-9-8(11)3-7(10)4-12-9/h3-4,6H,5H2,1-2H3,(H,12,13). The summed E-state index contributed by atoms with van der Waals surface area (Å²) in [4.78, 5) is 4.14. The Morgan fingerprint density at radius 1 is 1.73 bits per heavy atom. The highest BCUT2D eigenvalue weighted by Gasteiger charge is 2.08. The van der Waals surface area contributed by atoms with Crippen LogP contribution in [-0.4, -0.2) is 27.2 Å². The molecule has 0 spiro atoms. The summed E-state index contributed by atoms with van der Waals surface area (Å²) in [5.41, 5.74) is 0. The lowest BCUT2D eigenvalue weighted by Gasteiger charge is -2.13. The summed E-state index contributed by atoms with van der Waals surface area (Å²) >= 11 is 9.26. The summed E-state index contributed by atoms with van der Waals surface area (Å²) in [6.07, 6.45) is 3.35. The largest absolute Gasteiger partial charge is 0.365 e. The maximum absolute atomic E-state index is 11.0. The summed E-state index contributed by atoms with van der Waals surface area (Å²) in [6.45, 7) is 1.95. The van der Waals surface area contributed by atoms with E-state index in [0.29, 0.717) is 16.6 Å². The maximum Gasteiger partial charge on any atom is 0.145 e. The van der Waals surface area contributed by atoms with Crippen LogP contribution in [0.1, 0.15) is 6.92 Å². The first-order valence-corrected chi connectivity index (χ1v) is 7.26. The highest BCUT2D eigenvalue weighted by Crippen LogP contribution is 2.23. The zero-order valence-corrected chi connectivity index (χ0v) is 11.6. The maximum atomic E-state index is 11.0. The fourth-order valence-corrected chi connectivity index (χ4v) is 2.62. The van der Waals surface area contributed by atoms with Crippen LogP contribution >= 0.6 is 27.5 Å². The first-order valence-electron chi connectivity index (χ1n) is 4.36. The number of nitrogens with zero attached hydrogens (tertiary/aromatic N) is 1. The molecule has 1 heterocycles. The van der Waals surface area contributed by atoms with Crippen molar-refractivity contribution in [3.63, 3.8) is 0 Å². The van der Waals surface area contributed by atoms with Crippen molar-refractivity contribution in [3.8, 4) is 0 Å². The molecule has 2 unspecified atom stereocenters. The third kappa shape index (κ3) is 4.49. The van der Waals surface area contributed by atoms with E-state index >= 15 is 0 Å². The first kappa shape index (κ1) is 12.9. The molecule has 1 aromatic rings. The number of rotatable bonds is 4. The molecular formula is C9H12BrClN2OS. The normalized spacial score (nSPS) is 14.7. The molecule has 1 aromatic heterocycles. The van der Waals surface area contributed by atoms with E-state index in [2.05, 4.69) is 26.2 Å². The summed E-state index contributed by atoms with van der Waals surface area (Å²) < 4.78 is 11.8. The van der Waals surface area contributed by atoms with Crippen LogP contribution in [0.2, 0.25) is 5.02 Å². The SMILES string of the molecule is CC(CS(C)=O)Nc1ncc(Br)cc1Cl. The lowest BCUT2D eigenvalue weighted by Crippen LogP contribution is -2.22. The van der Waals surface area contributed by atoms with Crippen LogP contribution in [0.25, 0.3) is 0 Å². The fraction of sp³-hybridized carbons (Fsp3) is 0.444. The van der Waals surface area contributed by atoms with Crippen molar-refractivity contribution in [3.05, 3.63) is 21.8 Å². The molecular weight excluding hydrogens is 300 g/mol. The molecule has 0 fully saturated rings. The van der Waals surface area contributed by atoms with Crippen molar-refractivity contribution < 1.29 is 4.21 Å². The van der Waals surface area contributed by atoms with Crippen LogP contribution < -0.4 is 5.32 Å². The Kier molecular flexibility index (Phi) is 5.02. The monoisotopic (exact) mass is 310 g/mol. The minimum Gasteiger partial charge on any atom is -0.365 e. The second-order valence-corrected chi connectivity index (χ2v) is 6.07. The van der Waals surface area contributed by atoms with Gasteiger partial charge < -0.3 is 5.32 Å². The van der Waals surface area contributed by atoms with Crippen LogP contribution in [0.3, 0.4) is 0 Å². The van der Waals surface area contributed by atoms with Crippen LogP contribution in [0, 0.1) is 0 Å². The van der Waals surface area contributed by atoms with Gasteiger partial charge in [0, 0.05) is 39.5 Å². The van der Waals surface area contributed by atoms with Crippen molar-refractivity contribution in [2.75, 3.05) is 17.3 Å². The van der Waals surface area contributed by atoms with E-state index in [1.807, 2.05) is 6.92 Å². The molecule has 15 heavy (non-hydrogen) atoms. The molecule has 84 valence electrons. The van der Waals surface area contributed by atoms with E-state index in [1.165, 1.54) is 0 Å². The predicted molar refractivity (Wildman–Crippen MR) is 69.0 cm³/mol. The molecule has 0 saturated heterocycles. The molecule has 0 aliphatic rings. The van der Waals surface area contributed by atoms with Gasteiger partial charge in [0.1, 0.15) is 5.82 Å². The van der Waals surface area contributed by atoms with Gasteiger partial charge in [-0.15, -0.1) is 0 Å². The average Bonchev–Trinajstić information content (AvgIpc) is 2.08. The van der Waals surface area contributed by atoms with Crippen LogP contribution in [0.5, 0.6) is 0 Å². The van der Waals surface area contributed by atoms with Crippen molar-refractivity contribution in [2.24, 2.45) is 0 Å². The highest BCUT2D eigenvalue weighted by atomic mass is 79.9. The van der Waals surface area contributed by atoms with E-state index < -0.39 is 10.8 Å². The van der Waals surface area contributed by atoms with Gasteiger partial charge in [0.2, 0.25) is 0 Å². The van der Waals surface area contributed by atoms with Gasteiger partial charge in [0.25, 0.3) is 0 Å². The van der Waals surface area contributed by atoms with Crippen molar-refractivity contribution in [1.29, 1.82) is 0 Å². The van der Waals surface area contributed by atoms with Crippen molar-refractivity contribution in [2.45, 2.75) is 13.0 Å². The molecule has 0 saturated carbocycles. The minimum absolute atomic E-state index is 0.0852. The first-order chi connectivity index (χ1) is 6.99. The predicted octanol–water partition coefficient (Wildman–Crippen LogP) is 2.68. The Hall–Kier alpha value is -0.130. The Morgan fingerprint density at radius 3 is 2.93 bits per heavy atom. The minimum atomic E-state index is -0.823. The highest BCUT2D eigenvalue weighted by molar-refractivity contribution is 9.10. The number of hydrogen-bond acceptors (Lipinski definition) is 3. The molecule has 3 nitrogen and oxygen atoms in total. The Morgan fingerprint density at radius 2 is 2.40 bits per heavy atom. The number of halogens is 2. The summed E-state index contributed by atoms with van der Waals surface area (Å²) in [5.74, 6) is 1.20. The van der Waals surface area contributed by atoms with Crippen LogP contribution in [0.15, 0.2) is 16.7 Å². The smallest absolute Gasteiger partial charge is 0.145 e. The van der Waals surface area contributed by atoms with E-state index in [9.17, 15) is 4.21 Å². The van der Waals surface area contributed by atoms with Gasteiger partial charge in [-0.1, -0.05) is 11.6 Å². The Labute approximate surface area is 105 Å². The van der Waals surface area contributed by atoms with E-state index in [-0.39, 0.29) is 6.04 Å². The van der Waals surface area contributed by atoms with E-state index in [0.717, 1.165) is 4.47 Å². The number of hydrogen-bond donors (Lipinski definition) is 1. The number of aromatic nitrogens is 1. The van der Waals surface area contributed by atoms with Gasteiger partial charge in [-0.2, -0.15) is 0 Å². The van der Waals surface area contributed by atoms with Crippen LogP contribution in [-0.2, 0) is 10.8 Å². The number of nitrogens with one attached hydrogen (secondary N) is 1. The zero-order chi connectivity index (χ0) is 11.4. The van der Waals surface area contributed by atoms with Gasteiger partial charge in [0.05, 0.1) is 5.02 Å². The second-order valence-electron chi connectivity index (χ2n) is 3.27. The summed E-state index contributed by atoms with van der Waals surface area (Å²) in [6, 6.07) is 1.86. The molecule has 1 N–H and O–H groups in total.